The molecule has 2 aromatic rings. The van der Waals surface area contributed by atoms with Crippen molar-refractivity contribution in [3.8, 4) is 6.07 Å². The largest absolute Gasteiger partial charge is 0.358 e. The van der Waals surface area contributed by atoms with Gasteiger partial charge in [-0.05, 0) is 30.7 Å². The Bertz CT molecular complexity index is 706. The van der Waals surface area contributed by atoms with Gasteiger partial charge in [0.25, 0.3) is 5.91 Å². The predicted molar refractivity (Wildman–Crippen MR) is 89.3 cm³/mol. The van der Waals surface area contributed by atoms with E-state index in [1.165, 1.54) is 0 Å². The van der Waals surface area contributed by atoms with E-state index in [-0.39, 0.29) is 11.6 Å². The second kappa shape index (κ2) is 7.90. The standard InChI is InChI=1S/C17H19N5O/c1-3-4-11-22(2)16-10-9-15(20-21-16)17(23)19-14-8-6-5-7-13(14)12-18/h5-10H,3-4,11H2,1-2H3,(H,19,23). The average Bonchev–Trinajstić information content (AvgIpc) is 2.60. The number of carbonyl (C=O) groups excluding carboxylic acids is 1. The molecule has 0 spiro atoms. The summed E-state index contributed by atoms with van der Waals surface area (Å²) in [6.07, 6.45) is 2.18. The molecule has 0 radical (unpaired) electrons. The number of amides is 1. The van der Waals surface area contributed by atoms with Crippen molar-refractivity contribution in [1.29, 1.82) is 5.26 Å². The van der Waals surface area contributed by atoms with Crippen molar-refractivity contribution < 1.29 is 4.79 Å². The van der Waals surface area contributed by atoms with Gasteiger partial charge < -0.3 is 10.2 Å². The molecule has 2 rings (SSSR count). The molecule has 1 N–H and O–H groups in total. The van der Waals surface area contributed by atoms with Crippen LogP contribution in [0.3, 0.4) is 0 Å². The molecule has 0 saturated heterocycles. The van der Waals surface area contributed by atoms with Crippen LogP contribution < -0.4 is 10.2 Å². The Morgan fingerprint density at radius 1 is 1.26 bits per heavy atom. The van der Waals surface area contributed by atoms with Gasteiger partial charge in [-0.25, -0.2) is 0 Å². The molecule has 6 nitrogen and oxygen atoms in total. The number of hydrogen-bond acceptors (Lipinski definition) is 5. The van der Waals surface area contributed by atoms with E-state index >= 15 is 0 Å². The number of aromatic nitrogens is 2. The van der Waals surface area contributed by atoms with Gasteiger partial charge in [0.1, 0.15) is 6.07 Å². The number of rotatable bonds is 6. The van der Waals surface area contributed by atoms with Gasteiger partial charge in [0.15, 0.2) is 11.5 Å². The van der Waals surface area contributed by atoms with Crippen LogP contribution in [0.1, 0.15) is 35.8 Å². The second-order valence-electron chi connectivity index (χ2n) is 5.16. The van der Waals surface area contributed by atoms with E-state index in [9.17, 15) is 4.79 Å². The fourth-order valence-corrected chi connectivity index (χ4v) is 2.04. The lowest BCUT2D eigenvalue weighted by atomic mass is 10.2. The maximum Gasteiger partial charge on any atom is 0.276 e. The molecule has 0 aliphatic rings. The number of nitrogens with zero attached hydrogens (tertiary/aromatic N) is 4. The maximum absolute atomic E-state index is 12.2. The lowest BCUT2D eigenvalue weighted by Gasteiger charge is -2.16. The van der Waals surface area contributed by atoms with E-state index in [1.807, 2.05) is 18.0 Å². The number of anilines is 2. The van der Waals surface area contributed by atoms with E-state index < -0.39 is 0 Å². The SMILES string of the molecule is CCCCN(C)c1ccc(C(=O)Nc2ccccc2C#N)nn1. The molecular weight excluding hydrogens is 290 g/mol. The maximum atomic E-state index is 12.2. The summed E-state index contributed by atoms with van der Waals surface area (Å²) in [5.41, 5.74) is 1.08. The number of para-hydroxylation sites is 1. The molecule has 1 amide bonds. The van der Waals surface area contributed by atoms with Crippen LogP contribution in [0, 0.1) is 11.3 Å². The van der Waals surface area contributed by atoms with E-state index in [0.717, 1.165) is 25.2 Å². The third-order valence-electron chi connectivity index (χ3n) is 3.42. The van der Waals surface area contributed by atoms with Gasteiger partial charge in [-0.15, -0.1) is 10.2 Å². The highest BCUT2D eigenvalue weighted by Gasteiger charge is 2.11. The summed E-state index contributed by atoms with van der Waals surface area (Å²) in [5.74, 6) is 0.343. The molecule has 0 unspecified atom stereocenters. The summed E-state index contributed by atoms with van der Waals surface area (Å²) in [7, 11) is 1.95. The number of carbonyl (C=O) groups is 1. The summed E-state index contributed by atoms with van der Waals surface area (Å²) >= 11 is 0. The first-order valence-electron chi connectivity index (χ1n) is 7.51. The first kappa shape index (κ1) is 16.4. The van der Waals surface area contributed by atoms with Crippen LogP contribution in [-0.4, -0.2) is 29.7 Å². The Labute approximate surface area is 135 Å². The number of hydrogen-bond donors (Lipinski definition) is 1. The Balaban J connectivity index is 2.07. The van der Waals surface area contributed by atoms with Gasteiger partial charge in [-0.2, -0.15) is 5.26 Å². The van der Waals surface area contributed by atoms with Crippen molar-refractivity contribution in [2.45, 2.75) is 19.8 Å². The predicted octanol–water partition coefficient (Wildman–Crippen LogP) is 2.84. The monoisotopic (exact) mass is 309 g/mol. The molecule has 1 heterocycles. The highest BCUT2D eigenvalue weighted by atomic mass is 16.1. The Kier molecular flexibility index (Phi) is 5.64. The van der Waals surface area contributed by atoms with Crippen LogP contribution in [0.5, 0.6) is 0 Å². The molecule has 0 atom stereocenters. The fraction of sp³-hybridized carbons (Fsp3) is 0.294. The van der Waals surface area contributed by atoms with Gasteiger partial charge in [0, 0.05) is 13.6 Å². The van der Waals surface area contributed by atoms with E-state index in [1.54, 1.807) is 36.4 Å². The van der Waals surface area contributed by atoms with Crippen molar-refractivity contribution in [3.05, 3.63) is 47.7 Å². The average molecular weight is 309 g/mol. The third-order valence-corrected chi connectivity index (χ3v) is 3.42. The number of nitriles is 1. The van der Waals surface area contributed by atoms with Crippen molar-refractivity contribution >= 4 is 17.4 Å². The molecule has 1 aromatic heterocycles. The smallest absolute Gasteiger partial charge is 0.276 e. The zero-order valence-electron chi connectivity index (χ0n) is 13.3. The summed E-state index contributed by atoms with van der Waals surface area (Å²) in [4.78, 5) is 14.2. The fourth-order valence-electron chi connectivity index (χ4n) is 2.04. The van der Waals surface area contributed by atoms with Crippen LogP contribution in [-0.2, 0) is 0 Å². The van der Waals surface area contributed by atoms with Crippen molar-refractivity contribution in [2.75, 3.05) is 23.8 Å². The Hall–Kier alpha value is -2.94. The molecule has 0 fully saturated rings. The molecule has 23 heavy (non-hydrogen) atoms. The summed E-state index contributed by atoms with van der Waals surface area (Å²) < 4.78 is 0. The summed E-state index contributed by atoms with van der Waals surface area (Å²) in [5, 5.41) is 19.8. The molecule has 0 aliphatic carbocycles. The molecular formula is C17H19N5O. The van der Waals surface area contributed by atoms with Crippen LogP contribution >= 0.6 is 0 Å². The molecule has 1 aromatic carbocycles. The van der Waals surface area contributed by atoms with Gasteiger partial charge in [0.2, 0.25) is 0 Å². The van der Waals surface area contributed by atoms with E-state index in [0.29, 0.717) is 11.3 Å². The quantitative estimate of drug-likeness (QED) is 0.887. The minimum absolute atomic E-state index is 0.213. The molecule has 6 heteroatoms. The number of nitrogens with one attached hydrogen (secondary N) is 1. The van der Waals surface area contributed by atoms with Crippen LogP contribution in [0.2, 0.25) is 0 Å². The van der Waals surface area contributed by atoms with Gasteiger partial charge >= 0.3 is 0 Å². The van der Waals surface area contributed by atoms with E-state index in [2.05, 4.69) is 22.4 Å². The Morgan fingerprint density at radius 3 is 2.70 bits per heavy atom. The van der Waals surface area contributed by atoms with Crippen LogP contribution in [0.25, 0.3) is 0 Å². The van der Waals surface area contributed by atoms with Crippen molar-refractivity contribution in [1.82, 2.24) is 10.2 Å². The minimum Gasteiger partial charge on any atom is -0.358 e. The lowest BCUT2D eigenvalue weighted by molar-refractivity contribution is 0.102. The molecule has 0 saturated carbocycles. The number of unbranched alkanes of at least 4 members (excludes halogenated alkanes) is 1. The van der Waals surface area contributed by atoms with Gasteiger partial charge in [0.05, 0.1) is 11.3 Å². The summed E-state index contributed by atoms with van der Waals surface area (Å²) in [6.45, 7) is 3.03. The third kappa shape index (κ3) is 4.27. The lowest BCUT2D eigenvalue weighted by Crippen LogP contribution is -2.21. The highest BCUT2D eigenvalue weighted by molar-refractivity contribution is 6.03. The first-order valence-corrected chi connectivity index (χ1v) is 7.51. The molecule has 118 valence electrons. The van der Waals surface area contributed by atoms with E-state index in [4.69, 9.17) is 5.26 Å². The van der Waals surface area contributed by atoms with Gasteiger partial charge in [-0.1, -0.05) is 25.5 Å². The second-order valence-corrected chi connectivity index (χ2v) is 5.16. The molecule has 0 aliphatic heterocycles. The normalized spacial score (nSPS) is 9.96. The number of benzene rings is 1. The Morgan fingerprint density at radius 2 is 2.04 bits per heavy atom. The first-order chi connectivity index (χ1) is 11.2. The van der Waals surface area contributed by atoms with Crippen LogP contribution in [0.4, 0.5) is 11.5 Å². The zero-order valence-corrected chi connectivity index (χ0v) is 13.3. The van der Waals surface area contributed by atoms with Crippen LogP contribution in [0.15, 0.2) is 36.4 Å². The molecule has 0 bridgehead atoms. The van der Waals surface area contributed by atoms with Gasteiger partial charge in [-0.3, -0.25) is 4.79 Å². The summed E-state index contributed by atoms with van der Waals surface area (Å²) in [6, 6.07) is 12.3. The zero-order chi connectivity index (χ0) is 16.7. The van der Waals surface area contributed by atoms with Crippen molar-refractivity contribution in [3.63, 3.8) is 0 Å². The highest BCUT2D eigenvalue weighted by Crippen LogP contribution is 2.15. The topological polar surface area (TPSA) is 81.9 Å². The van der Waals surface area contributed by atoms with Crippen molar-refractivity contribution in [2.24, 2.45) is 0 Å². The minimum atomic E-state index is -0.386.